The molecule has 2 rings (SSSR count). The van der Waals surface area contributed by atoms with Gasteiger partial charge in [0.15, 0.2) is 0 Å². The molecule has 1 atom stereocenters. The Morgan fingerprint density at radius 1 is 1.15 bits per heavy atom. The Morgan fingerprint density at radius 2 is 1.80 bits per heavy atom. The number of likely N-dealkylation sites (N-methyl/N-ethyl adjacent to an activating group) is 1. The third-order valence-electron chi connectivity index (χ3n) is 7.08. The van der Waals surface area contributed by atoms with Crippen LogP contribution < -0.4 is 5.32 Å². The first-order valence-corrected chi connectivity index (χ1v) is 13.7. The number of rotatable bonds is 17. The summed E-state index contributed by atoms with van der Waals surface area (Å²) in [6.45, 7) is 9.57. The molecule has 9 heteroatoms. The number of allylic oxidation sites excluding steroid dienone is 1. The fourth-order valence-corrected chi connectivity index (χ4v) is 4.92. The summed E-state index contributed by atoms with van der Waals surface area (Å²) >= 11 is 0. The summed E-state index contributed by atoms with van der Waals surface area (Å²) in [5.41, 5.74) is 2.76. The minimum absolute atomic E-state index is 0.0292. The number of amides is 2. The second kappa shape index (κ2) is 15.6. The molecule has 4 N–H and O–H groups in total. The van der Waals surface area contributed by atoms with Crippen molar-refractivity contribution in [3.63, 3.8) is 0 Å². The predicted octanol–water partition coefficient (Wildman–Crippen LogP) is 3.00. The zero-order valence-corrected chi connectivity index (χ0v) is 24.1. The molecule has 0 aliphatic heterocycles. The van der Waals surface area contributed by atoms with E-state index in [9.17, 15) is 24.9 Å². The third kappa shape index (κ3) is 8.44. The van der Waals surface area contributed by atoms with E-state index in [0.29, 0.717) is 31.2 Å². The molecule has 0 heterocycles. The van der Waals surface area contributed by atoms with E-state index in [1.165, 1.54) is 22.9 Å². The number of carbonyl (C=O) groups is 2. The van der Waals surface area contributed by atoms with Crippen molar-refractivity contribution in [1.82, 2.24) is 15.1 Å². The number of aliphatic hydroxyl groups excluding tert-OH is 1. The van der Waals surface area contributed by atoms with Gasteiger partial charge in [-0.25, -0.2) is 9.29 Å². The van der Waals surface area contributed by atoms with Gasteiger partial charge < -0.3 is 25.5 Å². The summed E-state index contributed by atoms with van der Waals surface area (Å²) in [4.78, 5) is 27.4. The van der Waals surface area contributed by atoms with Crippen LogP contribution in [0.2, 0.25) is 0 Å². The van der Waals surface area contributed by atoms with Gasteiger partial charge in [0.25, 0.3) is 5.91 Å². The molecule has 40 heavy (non-hydrogen) atoms. The highest BCUT2D eigenvalue weighted by atomic mass is 19.1. The van der Waals surface area contributed by atoms with Gasteiger partial charge in [-0.1, -0.05) is 50.3 Å². The fraction of sp³-hybridized carbons (Fsp3) is 0.484. The summed E-state index contributed by atoms with van der Waals surface area (Å²) in [7, 11) is 1.54. The minimum Gasteiger partial charge on any atom is -0.395 e. The second-order valence-electron chi connectivity index (χ2n) is 10.5. The summed E-state index contributed by atoms with van der Waals surface area (Å²) < 4.78 is 15.7. The lowest BCUT2D eigenvalue weighted by molar-refractivity contribution is -0.280. The van der Waals surface area contributed by atoms with Gasteiger partial charge in [-0.2, -0.15) is 0 Å². The molecule has 0 aliphatic carbocycles. The molecule has 0 fully saturated rings. The minimum atomic E-state index is -2.59. The normalized spacial score (nSPS) is 12.4. The van der Waals surface area contributed by atoms with Crippen LogP contribution in [0.15, 0.2) is 49.1 Å². The number of halogens is 1. The van der Waals surface area contributed by atoms with Gasteiger partial charge in [0.05, 0.1) is 12.2 Å². The van der Waals surface area contributed by atoms with Crippen molar-refractivity contribution in [2.24, 2.45) is 5.92 Å². The van der Waals surface area contributed by atoms with Crippen LogP contribution >= 0.6 is 0 Å². The van der Waals surface area contributed by atoms with Gasteiger partial charge in [-0.3, -0.25) is 9.59 Å². The average Bonchev–Trinajstić information content (AvgIpc) is 2.92. The number of carbonyl (C=O) groups excluding carboxylic acids is 2. The zero-order chi connectivity index (χ0) is 29.9. The summed E-state index contributed by atoms with van der Waals surface area (Å²) in [5.74, 6) is -3.51. The van der Waals surface area contributed by atoms with Crippen molar-refractivity contribution >= 4 is 12.3 Å². The second-order valence-corrected chi connectivity index (χ2v) is 10.5. The maximum Gasteiger partial charge on any atom is 0.256 e. The molecule has 0 saturated carbocycles. The van der Waals surface area contributed by atoms with Crippen LogP contribution in [-0.2, 0) is 34.9 Å². The fourth-order valence-electron chi connectivity index (χ4n) is 4.92. The van der Waals surface area contributed by atoms with Crippen LogP contribution in [0, 0.1) is 18.7 Å². The van der Waals surface area contributed by atoms with Crippen LogP contribution in [0.4, 0.5) is 4.39 Å². The van der Waals surface area contributed by atoms with E-state index in [1.54, 1.807) is 18.2 Å². The molecular formula is C31H44FN3O5. The number of aliphatic hydroxyl groups is 3. The van der Waals surface area contributed by atoms with Crippen molar-refractivity contribution in [2.45, 2.75) is 65.0 Å². The highest BCUT2D eigenvalue weighted by molar-refractivity contribution is 5.83. The Morgan fingerprint density at radius 3 is 2.40 bits per heavy atom. The van der Waals surface area contributed by atoms with Crippen molar-refractivity contribution < 1.29 is 29.3 Å². The van der Waals surface area contributed by atoms with Crippen LogP contribution in [-0.4, -0.2) is 70.2 Å². The third-order valence-corrected chi connectivity index (χ3v) is 7.08. The van der Waals surface area contributed by atoms with E-state index < -0.39 is 17.8 Å². The standard InChI is InChI=1S/C31H44FN3O5/c1-6-7-14-28(30(38)33-5)34(21-37)20-26-23(4)10-8-11-24(26)15-16-25-12-9-13-27(29(25)32)31(39,40)35(17-18-36)19-22(2)3/h6,8-13,21-22,28,36,39-40H,1,7,14-20H2,2-5H3,(H,33,38). The zero-order valence-electron chi connectivity index (χ0n) is 24.1. The quantitative estimate of drug-likeness (QED) is 0.135. The Kier molecular flexibility index (Phi) is 12.9. The molecule has 0 bridgehead atoms. The first-order chi connectivity index (χ1) is 19.0. The highest BCUT2D eigenvalue weighted by Crippen LogP contribution is 2.29. The molecule has 2 amide bonds. The first-order valence-electron chi connectivity index (χ1n) is 13.7. The Hall–Kier alpha value is -3.11. The van der Waals surface area contributed by atoms with E-state index in [2.05, 4.69) is 11.9 Å². The highest BCUT2D eigenvalue weighted by Gasteiger charge is 2.37. The average molecular weight is 558 g/mol. The van der Waals surface area contributed by atoms with Gasteiger partial charge in [0.2, 0.25) is 12.3 Å². The molecule has 8 nitrogen and oxygen atoms in total. The van der Waals surface area contributed by atoms with Gasteiger partial charge in [0, 0.05) is 26.7 Å². The van der Waals surface area contributed by atoms with Crippen LogP contribution in [0.3, 0.4) is 0 Å². The molecule has 2 aromatic rings. The lowest BCUT2D eigenvalue weighted by Crippen LogP contribution is -2.49. The number of hydrogen-bond acceptors (Lipinski definition) is 6. The molecule has 0 aliphatic rings. The van der Waals surface area contributed by atoms with Crippen molar-refractivity contribution in [1.29, 1.82) is 0 Å². The molecule has 0 spiro atoms. The van der Waals surface area contributed by atoms with E-state index in [1.807, 2.05) is 39.0 Å². The molecule has 220 valence electrons. The largest absolute Gasteiger partial charge is 0.395 e. The first kappa shape index (κ1) is 33.1. The Balaban J connectivity index is 2.35. The SMILES string of the molecule is C=CCCC(C(=O)NC)N(C=O)Cc1c(C)cccc1CCc1cccc(C(O)(O)N(CCO)CC(C)C)c1F. The van der Waals surface area contributed by atoms with Crippen molar-refractivity contribution in [3.8, 4) is 0 Å². The maximum absolute atomic E-state index is 15.7. The summed E-state index contributed by atoms with van der Waals surface area (Å²) in [6.07, 6.45) is 4.10. The Bertz CT molecular complexity index is 1140. The molecule has 1 unspecified atom stereocenters. The van der Waals surface area contributed by atoms with E-state index in [-0.39, 0.29) is 50.1 Å². The lowest BCUT2D eigenvalue weighted by Gasteiger charge is -2.36. The Labute approximate surface area is 237 Å². The summed E-state index contributed by atoms with van der Waals surface area (Å²) in [6, 6.07) is 9.62. The molecule has 2 aromatic carbocycles. The maximum atomic E-state index is 15.7. The van der Waals surface area contributed by atoms with E-state index in [4.69, 9.17) is 0 Å². The molecule has 0 saturated heterocycles. The number of nitrogens with one attached hydrogen (secondary N) is 1. The van der Waals surface area contributed by atoms with Crippen LogP contribution in [0.5, 0.6) is 0 Å². The summed E-state index contributed by atoms with van der Waals surface area (Å²) in [5, 5.41) is 34.0. The molecule has 0 aromatic heterocycles. The van der Waals surface area contributed by atoms with Gasteiger partial charge >= 0.3 is 0 Å². The van der Waals surface area contributed by atoms with Crippen LogP contribution in [0.1, 0.15) is 54.5 Å². The van der Waals surface area contributed by atoms with Crippen LogP contribution in [0.25, 0.3) is 0 Å². The number of aryl methyl sites for hydroxylation is 3. The number of benzene rings is 2. The van der Waals surface area contributed by atoms with Crippen molar-refractivity contribution in [2.75, 3.05) is 26.7 Å². The topological polar surface area (TPSA) is 113 Å². The van der Waals surface area contributed by atoms with Crippen molar-refractivity contribution in [3.05, 3.63) is 82.7 Å². The molecule has 0 radical (unpaired) electrons. The smallest absolute Gasteiger partial charge is 0.256 e. The molecular weight excluding hydrogens is 513 g/mol. The monoisotopic (exact) mass is 557 g/mol. The van der Waals surface area contributed by atoms with Gasteiger partial charge in [-0.05, 0) is 66.8 Å². The lowest BCUT2D eigenvalue weighted by atomic mass is 9.94. The van der Waals surface area contributed by atoms with E-state index >= 15 is 4.39 Å². The predicted molar refractivity (Wildman–Crippen MR) is 153 cm³/mol. The van der Waals surface area contributed by atoms with Gasteiger partial charge in [-0.15, -0.1) is 6.58 Å². The van der Waals surface area contributed by atoms with E-state index in [0.717, 1.165) is 16.7 Å². The number of hydrogen-bond donors (Lipinski definition) is 4. The number of nitrogens with zero attached hydrogens (tertiary/aromatic N) is 2. The van der Waals surface area contributed by atoms with Gasteiger partial charge in [0.1, 0.15) is 11.9 Å².